The third kappa shape index (κ3) is 6.93. The van der Waals surface area contributed by atoms with Gasteiger partial charge < -0.3 is 24.1 Å². The zero-order valence-electron chi connectivity index (χ0n) is 15.2. The SMILES string of the molecule is COC1CC(=O)C(C)OC(=O)CC(C)OC(=O)/C=C/C(O)C(C)OC1=O. The van der Waals surface area contributed by atoms with Crippen LogP contribution in [0.15, 0.2) is 12.2 Å². The van der Waals surface area contributed by atoms with E-state index >= 15 is 0 Å². The molecular formula is C17H24O9. The molecule has 0 aromatic rings. The molecule has 1 aliphatic heterocycles. The molecule has 0 aromatic carbocycles. The zero-order valence-corrected chi connectivity index (χ0v) is 15.2. The second-order valence-electron chi connectivity index (χ2n) is 5.97. The normalized spacial score (nSPS) is 33.8. The lowest BCUT2D eigenvalue weighted by molar-refractivity contribution is -0.167. The summed E-state index contributed by atoms with van der Waals surface area (Å²) < 4.78 is 20.0. The van der Waals surface area contributed by atoms with Crippen LogP contribution in [0.3, 0.4) is 0 Å². The fourth-order valence-electron chi connectivity index (χ4n) is 2.10. The number of carbonyl (C=O) groups is 4. The molecule has 0 amide bonds. The maximum absolute atomic E-state index is 12.1. The quantitative estimate of drug-likeness (QED) is 0.503. The van der Waals surface area contributed by atoms with Crippen LogP contribution in [0.25, 0.3) is 0 Å². The van der Waals surface area contributed by atoms with Crippen molar-refractivity contribution in [3.63, 3.8) is 0 Å². The standard InChI is InChI=1S/C17H24O9/c1-9-7-16(21)25-11(3)13(19)8-14(23-4)17(22)26-10(2)12(18)5-6-15(20)24-9/h5-6,9-12,14,18H,7-8H2,1-4H3/b6-5+. The van der Waals surface area contributed by atoms with Crippen LogP contribution in [0.2, 0.25) is 0 Å². The topological polar surface area (TPSA) is 125 Å². The molecule has 5 atom stereocenters. The van der Waals surface area contributed by atoms with Gasteiger partial charge in [0.05, 0.1) is 6.42 Å². The van der Waals surface area contributed by atoms with Crippen molar-refractivity contribution < 1.29 is 43.2 Å². The first-order valence-electron chi connectivity index (χ1n) is 8.16. The lowest BCUT2D eigenvalue weighted by Crippen LogP contribution is -2.37. The monoisotopic (exact) mass is 372 g/mol. The van der Waals surface area contributed by atoms with Crippen molar-refractivity contribution in [3.8, 4) is 0 Å². The van der Waals surface area contributed by atoms with Crippen LogP contribution in [0.4, 0.5) is 0 Å². The number of carbonyl (C=O) groups excluding carboxylic acids is 4. The Morgan fingerprint density at radius 2 is 1.69 bits per heavy atom. The highest BCUT2D eigenvalue weighted by atomic mass is 16.6. The molecule has 9 heteroatoms. The highest BCUT2D eigenvalue weighted by molar-refractivity contribution is 5.90. The number of hydrogen-bond donors (Lipinski definition) is 1. The van der Waals surface area contributed by atoms with Gasteiger partial charge in [-0.2, -0.15) is 0 Å². The van der Waals surface area contributed by atoms with Crippen molar-refractivity contribution in [1.29, 1.82) is 0 Å². The van der Waals surface area contributed by atoms with E-state index in [9.17, 15) is 24.3 Å². The van der Waals surface area contributed by atoms with Crippen LogP contribution in [0.5, 0.6) is 0 Å². The van der Waals surface area contributed by atoms with Gasteiger partial charge in [0, 0.05) is 19.6 Å². The molecule has 0 aromatic heterocycles. The molecule has 9 nitrogen and oxygen atoms in total. The molecular weight excluding hydrogens is 348 g/mol. The molecule has 146 valence electrons. The van der Waals surface area contributed by atoms with E-state index in [2.05, 4.69) is 0 Å². The number of methoxy groups -OCH3 is 1. The Hall–Kier alpha value is -2.26. The first-order chi connectivity index (χ1) is 12.1. The van der Waals surface area contributed by atoms with E-state index in [1.54, 1.807) is 0 Å². The molecule has 5 unspecified atom stereocenters. The highest BCUT2D eigenvalue weighted by Gasteiger charge is 2.30. The molecule has 0 fully saturated rings. The van der Waals surface area contributed by atoms with E-state index in [0.29, 0.717) is 0 Å². The van der Waals surface area contributed by atoms with Crippen LogP contribution < -0.4 is 0 Å². The third-order valence-electron chi connectivity index (χ3n) is 3.68. The summed E-state index contributed by atoms with van der Waals surface area (Å²) >= 11 is 0. The van der Waals surface area contributed by atoms with Gasteiger partial charge in [-0.1, -0.05) is 0 Å². The van der Waals surface area contributed by atoms with Gasteiger partial charge in [0.2, 0.25) is 0 Å². The summed E-state index contributed by atoms with van der Waals surface area (Å²) in [6.07, 6.45) is -3.88. The Morgan fingerprint density at radius 3 is 2.31 bits per heavy atom. The molecule has 26 heavy (non-hydrogen) atoms. The number of ether oxygens (including phenoxy) is 4. The van der Waals surface area contributed by atoms with E-state index in [1.165, 1.54) is 27.9 Å². The van der Waals surface area contributed by atoms with E-state index in [1.807, 2.05) is 0 Å². The molecule has 1 N–H and O–H groups in total. The minimum Gasteiger partial charge on any atom is -0.459 e. The number of cyclic esters (lactones) is 3. The molecule has 0 aliphatic carbocycles. The molecule has 1 aliphatic rings. The maximum atomic E-state index is 12.1. The Labute approximate surface area is 151 Å². The second-order valence-corrected chi connectivity index (χ2v) is 5.97. The van der Waals surface area contributed by atoms with E-state index in [0.717, 1.165) is 12.2 Å². The van der Waals surface area contributed by atoms with Gasteiger partial charge in [0.1, 0.15) is 18.3 Å². The molecule has 1 heterocycles. The van der Waals surface area contributed by atoms with Crippen molar-refractivity contribution in [1.82, 2.24) is 0 Å². The van der Waals surface area contributed by atoms with Gasteiger partial charge in [0.15, 0.2) is 18.0 Å². The van der Waals surface area contributed by atoms with Gasteiger partial charge in [0.25, 0.3) is 0 Å². The number of esters is 3. The van der Waals surface area contributed by atoms with Gasteiger partial charge in [-0.3, -0.25) is 9.59 Å². The Bertz CT molecular complexity index is 569. The molecule has 0 spiro atoms. The number of Topliss-reactive ketones (excluding diaryl/α,β-unsaturated/α-hetero) is 1. The average Bonchev–Trinajstić information content (AvgIpc) is 2.55. The van der Waals surface area contributed by atoms with Crippen molar-refractivity contribution >= 4 is 23.7 Å². The number of hydrogen-bond acceptors (Lipinski definition) is 9. The minimum atomic E-state index is -1.27. The minimum absolute atomic E-state index is 0.244. The van der Waals surface area contributed by atoms with Crippen LogP contribution in [0.1, 0.15) is 33.6 Å². The smallest absolute Gasteiger partial charge is 0.336 e. The molecule has 0 saturated heterocycles. The summed E-state index contributed by atoms with van der Waals surface area (Å²) in [5.74, 6) is -2.91. The predicted octanol–water partition coefficient (Wildman–Crippen LogP) is 0.0765. The average molecular weight is 372 g/mol. The van der Waals surface area contributed by atoms with E-state index in [4.69, 9.17) is 18.9 Å². The third-order valence-corrected chi connectivity index (χ3v) is 3.68. The van der Waals surface area contributed by atoms with Gasteiger partial charge in [-0.05, 0) is 26.8 Å². The largest absolute Gasteiger partial charge is 0.459 e. The van der Waals surface area contributed by atoms with Crippen molar-refractivity contribution in [2.24, 2.45) is 0 Å². The zero-order chi connectivity index (χ0) is 19.9. The van der Waals surface area contributed by atoms with E-state index < -0.39 is 54.2 Å². The number of aliphatic hydroxyl groups excluding tert-OH is 1. The van der Waals surface area contributed by atoms with Crippen LogP contribution >= 0.6 is 0 Å². The van der Waals surface area contributed by atoms with Crippen molar-refractivity contribution in [2.75, 3.05) is 7.11 Å². The van der Waals surface area contributed by atoms with Crippen LogP contribution in [0, 0.1) is 0 Å². The molecule has 0 saturated carbocycles. The summed E-state index contributed by atoms with van der Waals surface area (Å²) in [7, 11) is 1.23. The van der Waals surface area contributed by atoms with Crippen molar-refractivity contribution in [2.45, 2.75) is 64.1 Å². The first kappa shape index (κ1) is 21.8. The highest BCUT2D eigenvalue weighted by Crippen LogP contribution is 2.11. The summed E-state index contributed by atoms with van der Waals surface area (Å²) in [6.45, 7) is 4.28. The number of ketones is 1. The Kier molecular flexibility index (Phi) is 8.40. The lowest BCUT2D eigenvalue weighted by atomic mass is 10.1. The second kappa shape index (κ2) is 10.0. The summed E-state index contributed by atoms with van der Waals surface area (Å²) in [4.78, 5) is 47.7. The van der Waals surface area contributed by atoms with Gasteiger partial charge in [-0.25, -0.2) is 9.59 Å². The summed E-state index contributed by atoms with van der Waals surface area (Å²) in [5, 5.41) is 9.93. The van der Waals surface area contributed by atoms with Gasteiger partial charge in [-0.15, -0.1) is 0 Å². The molecule has 0 radical (unpaired) electrons. The van der Waals surface area contributed by atoms with Gasteiger partial charge >= 0.3 is 17.9 Å². The Morgan fingerprint density at radius 1 is 1.04 bits per heavy atom. The fraction of sp³-hybridized carbons (Fsp3) is 0.647. The first-order valence-corrected chi connectivity index (χ1v) is 8.16. The number of rotatable bonds is 1. The van der Waals surface area contributed by atoms with Crippen LogP contribution in [-0.4, -0.2) is 66.4 Å². The fourth-order valence-corrected chi connectivity index (χ4v) is 2.10. The Balaban J connectivity index is 3.00. The summed E-state index contributed by atoms with van der Waals surface area (Å²) in [5.41, 5.74) is 0. The van der Waals surface area contributed by atoms with Crippen molar-refractivity contribution in [3.05, 3.63) is 12.2 Å². The molecule has 1 rings (SSSR count). The molecule has 0 bridgehead atoms. The lowest BCUT2D eigenvalue weighted by Gasteiger charge is -2.22. The number of aliphatic hydroxyl groups is 1. The maximum Gasteiger partial charge on any atom is 0.336 e. The van der Waals surface area contributed by atoms with Crippen LogP contribution in [-0.2, 0) is 38.1 Å². The summed E-state index contributed by atoms with van der Waals surface area (Å²) in [6, 6.07) is 0. The predicted molar refractivity (Wildman–Crippen MR) is 86.8 cm³/mol. The van der Waals surface area contributed by atoms with E-state index in [-0.39, 0.29) is 12.8 Å².